The maximum Gasteiger partial charge on any atom is 0.282 e. The van der Waals surface area contributed by atoms with Crippen LogP contribution in [0.1, 0.15) is 16.1 Å². The summed E-state index contributed by atoms with van der Waals surface area (Å²) in [5.41, 5.74) is 13.6. The second kappa shape index (κ2) is 5.33. The van der Waals surface area contributed by atoms with Crippen LogP contribution in [0.15, 0.2) is 53.8 Å². The first-order valence-corrected chi connectivity index (χ1v) is 6.74. The van der Waals surface area contributed by atoms with Gasteiger partial charge in [0.1, 0.15) is 0 Å². The van der Waals surface area contributed by atoms with Crippen LogP contribution in [0.2, 0.25) is 0 Å². The lowest BCUT2D eigenvalue weighted by atomic mass is 10.2. The molecule has 6 nitrogen and oxygen atoms in total. The van der Waals surface area contributed by atoms with E-state index >= 15 is 0 Å². The van der Waals surface area contributed by atoms with Gasteiger partial charge in [0.25, 0.3) is 5.91 Å². The molecule has 0 aliphatic heterocycles. The van der Waals surface area contributed by atoms with E-state index in [4.69, 9.17) is 11.5 Å². The number of benzene rings is 1. The van der Waals surface area contributed by atoms with E-state index in [1.807, 2.05) is 48.0 Å². The van der Waals surface area contributed by atoms with Crippen LogP contribution in [0.5, 0.6) is 0 Å². The van der Waals surface area contributed by atoms with Crippen molar-refractivity contribution in [2.24, 2.45) is 16.5 Å². The number of carbonyl (C=O) groups is 1. The Morgan fingerprint density at radius 3 is 2.73 bits per heavy atom. The van der Waals surface area contributed by atoms with Gasteiger partial charge in [-0.25, -0.2) is 0 Å². The van der Waals surface area contributed by atoms with E-state index in [2.05, 4.69) is 9.98 Å². The standard InChI is InChI=1S/C16H15N5O/c1-10-11(15(22)20-16(17)18)7-9-21(10)14-6-8-19-13-5-3-2-4-12(13)14/h2-9H,1H3,(H4,17,18,20,22). The summed E-state index contributed by atoms with van der Waals surface area (Å²) in [7, 11) is 0. The zero-order valence-electron chi connectivity index (χ0n) is 12.0. The second-order valence-electron chi connectivity index (χ2n) is 4.87. The number of aliphatic imine (C=N–C) groups is 1. The molecule has 0 saturated carbocycles. The number of rotatable bonds is 2. The maximum atomic E-state index is 12.0. The summed E-state index contributed by atoms with van der Waals surface area (Å²) in [5, 5.41) is 1.00. The molecule has 0 bridgehead atoms. The quantitative estimate of drug-likeness (QED) is 0.555. The molecule has 110 valence electrons. The van der Waals surface area contributed by atoms with Crippen LogP contribution >= 0.6 is 0 Å². The molecular weight excluding hydrogens is 278 g/mol. The molecule has 1 aromatic carbocycles. The number of nitrogens with two attached hydrogens (primary N) is 2. The number of fused-ring (bicyclic) bond motifs is 1. The minimum Gasteiger partial charge on any atom is -0.370 e. The summed E-state index contributed by atoms with van der Waals surface area (Å²) in [6.45, 7) is 1.85. The molecular formula is C16H15N5O. The van der Waals surface area contributed by atoms with Crippen LogP contribution < -0.4 is 11.5 Å². The van der Waals surface area contributed by atoms with Crippen LogP contribution in [-0.4, -0.2) is 21.4 Å². The van der Waals surface area contributed by atoms with Crippen LogP contribution in [0.4, 0.5) is 0 Å². The summed E-state index contributed by atoms with van der Waals surface area (Å²) in [5.74, 6) is -0.693. The van der Waals surface area contributed by atoms with E-state index in [1.165, 1.54) is 0 Å². The summed E-state index contributed by atoms with van der Waals surface area (Å²) in [6, 6.07) is 11.5. The van der Waals surface area contributed by atoms with Crippen molar-refractivity contribution in [1.29, 1.82) is 0 Å². The zero-order chi connectivity index (χ0) is 15.7. The number of hydrogen-bond donors (Lipinski definition) is 2. The summed E-state index contributed by atoms with van der Waals surface area (Å²) in [6.07, 6.45) is 3.57. The molecule has 1 amide bonds. The fourth-order valence-corrected chi connectivity index (χ4v) is 2.47. The first kappa shape index (κ1) is 13.8. The topological polar surface area (TPSA) is 99.3 Å². The first-order valence-electron chi connectivity index (χ1n) is 6.74. The molecule has 2 aromatic heterocycles. The monoisotopic (exact) mass is 293 g/mol. The molecule has 4 N–H and O–H groups in total. The van der Waals surface area contributed by atoms with Gasteiger partial charge in [-0.1, -0.05) is 18.2 Å². The highest BCUT2D eigenvalue weighted by molar-refractivity contribution is 6.03. The van der Waals surface area contributed by atoms with Crippen LogP contribution in [0, 0.1) is 6.92 Å². The summed E-state index contributed by atoms with van der Waals surface area (Å²) >= 11 is 0. The van der Waals surface area contributed by atoms with Gasteiger partial charge in [-0.3, -0.25) is 9.78 Å². The van der Waals surface area contributed by atoms with E-state index in [0.29, 0.717) is 5.56 Å². The van der Waals surface area contributed by atoms with Crippen molar-refractivity contribution in [3.63, 3.8) is 0 Å². The van der Waals surface area contributed by atoms with E-state index in [-0.39, 0.29) is 5.96 Å². The predicted octanol–water partition coefficient (Wildman–Crippen LogP) is 1.75. The molecule has 0 fully saturated rings. The molecule has 0 radical (unpaired) electrons. The number of hydrogen-bond acceptors (Lipinski definition) is 2. The minimum atomic E-state index is -0.449. The first-order chi connectivity index (χ1) is 10.6. The van der Waals surface area contributed by atoms with Crippen molar-refractivity contribution >= 4 is 22.8 Å². The Labute approximate surface area is 127 Å². The maximum absolute atomic E-state index is 12.0. The van der Waals surface area contributed by atoms with Gasteiger partial charge >= 0.3 is 0 Å². The molecule has 22 heavy (non-hydrogen) atoms. The van der Waals surface area contributed by atoms with E-state index in [0.717, 1.165) is 22.3 Å². The number of amides is 1. The summed E-state index contributed by atoms with van der Waals surface area (Å²) < 4.78 is 1.93. The average Bonchev–Trinajstić information content (AvgIpc) is 2.87. The van der Waals surface area contributed by atoms with E-state index < -0.39 is 5.91 Å². The van der Waals surface area contributed by atoms with Gasteiger partial charge in [0.2, 0.25) is 0 Å². The Balaban J connectivity index is 2.15. The number of guanidine groups is 1. The number of aromatic nitrogens is 2. The summed E-state index contributed by atoms with van der Waals surface area (Å²) in [4.78, 5) is 19.9. The molecule has 2 heterocycles. The van der Waals surface area contributed by atoms with Crippen molar-refractivity contribution in [1.82, 2.24) is 9.55 Å². The smallest absolute Gasteiger partial charge is 0.282 e. The third-order valence-corrected chi connectivity index (χ3v) is 3.49. The number of nitrogens with zero attached hydrogens (tertiary/aromatic N) is 3. The highest BCUT2D eigenvalue weighted by Gasteiger charge is 2.14. The molecule has 0 atom stereocenters. The Morgan fingerprint density at radius 2 is 1.95 bits per heavy atom. The predicted molar refractivity (Wildman–Crippen MR) is 85.9 cm³/mol. The molecule has 3 aromatic rings. The second-order valence-corrected chi connectivity index (χ2v) is 4.87. The van der Waals surface area contributed by atoms with Gasteiger partial charge in [-0.15, -0.1) is 0 Å². The highest BCUT2D eigenvalue weighted by atomic mass is 16.1. The van der Waals surface area contributed by atoms with Crippen molar-refractivity contribution in [3.05, 3.63) is 60.0 Å². The van der Waals surface area contributed by atoms with Crippen LogP contribution in [0.25, 0.3) is 16.6 Å². The fourth-order valence-electron chi connectivity index (χ4n) is 2.47. The van der Waals surface area contributed by atoms with Gasteiger partial charge in [0.15, 0.2) is 5.96 Å². The van der Waals surface area contributed by atoms with Crippen molar-refractivity contribution in [3.8, 4) is 5.69 Å². The molecule has 3 rings (SSSR count). The Hall–Kier alpha value is -3.15. The number of para-hydroxylation sites is 1. The molecule has 0 aliphatic carbocycles. The fraction of sp³-hybridized carbons (Fsp3) is 0.0625. The lowest BCUT2D eigenvalue weighted by molar-refractivity contribution is 0.100. The minimum absolute atomic E-state index is 0.244. The third-order valence-electron chi connectivity index (χ3n) is 3.49. The molecule has 0 saturated heterocycles. The van der Waals surface area contributed by atoms with Crippen LogP contribution in [-0.2, 0) is 0 Å². The molecule has 0 aliphatic rings. The highest BCUT2D eigenvalue weighted by Crippen LogP contribution is 2.24. The van der Waals surface area contributed by atoms with Gasteiger partial charge in [-0.2, -0.15) is 4.99 Å². The third kappa shape index (κ3) is 2.31. The lowest BCUT2D eigenvalue weighted by Crippen LogP contribution is -2.24. The van der Waals surface area contributed by atoms with E-state index in [9.17, 15) is 4.79 Å². The molecule has 6 heteroatoms. The lowest BCUT2D eigenvalue weighted by Gasteiger charge is -2.10. The zero-order valence-corrected chi connectivity index (χ0v) is 12.0. The van der Waals surface area contributed by atoms with Crippen molar-refractivity contribution in [2.75, 3.05) is 0 Å². The van der Waals surface area contributed by atoms with Crippen molar-refractivity contribution < 1.29 is 4.79 Å². The Kier molecular flexibility index (Phi) is 3.34. The van der Waals surface area contributed by atoms with Gasteiger partial charge in [-0.05, 0) is 25.1 Å². The Morgan fingerprint density at radius 1 is 1.18 bits per heavy atom. The van der Waals surface area contributed by atoms with Gasteiger partial charge in [0, 0.05) is 23.5 Å². The SMILES string of the molecule is Cc1c(C(=O)N=C(N)N)ccn1-c1ccnc2ccccc12. The normalized spacial score (nSPS) is 10.6. The Bertz CT molecular complexity index is 885. The van der Waals surface area contributed by atoms with Crippen LogP contribution in [0.3, 0.4) is 0 Å². The van der Waals surface area contributed by atoms with Gasteiger partial charge in [0.05, 0.1) is 16.8 Å². The van der Waals surface area contributed by atoms with Crippen molar-refractivity contribution in [2.45, 2.75) is 6.92 Å². The average molecular weight is 293 g/mol. The number of carbonyl (C=O) groups excluding carboxylic acids is 1. The largest absolute Gasteiger partial charge is 0.370 e. The molecule has 0 unspecified atom stereocenters. The van der Waals surface area contributed by atoms with E-state index in [1.54, 1.807) is 12.3 Å². The number of pyridine rings is 1. The molecule has 0 spiro atoms. The van der Waals surface area contributed by atoms with Gasteiger partial charge < -0.3 is 16.0 Å².